The van der Waals surface area contributed by atoms with Crippen molar-refractivity contribution >= 4 is 0 Å². The second-order valence-corrected chi connectivity index (χ2v) is 7.51. The van der Waals surface area contributed by atoms with Crippen molar-refractivity contribution in [2.24, 2.45) is 11.3 Å². The fraction of sp³-hybridized carbons (Fsp3) is 1.00. The van der Waals surface area contributed by atoms with Crippen molar-refractivity contribution in [3.8, 4) is 0 Å². The van der Waals surface area contributed by atoms with E-state index in [2.05, 4.69) is 31.0 Å². The molecular formula is C16H30N2. The molecule has 3 rings (SSSR count). The fourth-order valence-electron chi connectivity index (χ4n) is 4.34. The zero-order valence-electron chi connectivity index (χ0n) is 12.4. The second kappa shape index (κ2) is 4.79. The maximum absolute atomic E-state index is 3.82. The average Bonchev–Trinajstić information content (AvgIpc) is 3.13. The van der Waals surface area contributed by atoms with Gasteiger partial charge in [-0.15, -0.1) is 0 Å². The number of nitrogens with zero attached hydrogens (tertiary/aromatic N) is 1. The summed E-state index contributed by atoms with van der Waals surface area (Å²) < 4.78 is 0. The van der Waals surface area contributed by atoms with Crippen LogP contribution in [0.2, 0.25) is 0 Å². The van der Waals surface area contributed by atoms with Crippen molar-refractivity contribution in [1.29, 1.82) is 0 Å². The van der Waals surface area contributed by atoms with Crippen LogP contribution in [-0.2, 0) is 0 Å². The Kier molecular flexibility index (Phi) is 3.44. The third-order valence-corrected chi connectivity index (χ3v) is 5.76. The summed E-state index contributed by atoms with van der Waals surface area (Å²) in [4.78, 5) is 2.90. The van der Waals surface area contributed by atoms with Gasteiger partial charge in [0.05, 0.1) is 0 Å². The first-order valence-electron chi connectivity index (χ1n) is 8.11. The molecule has 0 amide bonds. The van der Waals surface area contributed by atoms with Gasteiger partial charge in [-0.2, -0.15) is 0 Å². The molecule has 0 bridgehead atoms. The summed E-state index contributed by atoms with van der Waals surface area (Å²) in [7, 11) is 0. The van der Waals surface area contributed by atoms with Crippen LogP contribution in [0.3, 0.4) is 0 Å². The van der Waals surface area contributed by atoms with E-state index in [0.29, 0.717) is 5.41 Å². The predicted octanol–water partition coefficient (Wildman–Crippen LogP) is 3.03. The monoisotopic (exact) mass is 250 g/mol. The van der Waals surface area contributed by atoms with Crippen molar-refractivity contribution < 1.29 is 0 Å². The van der Waals surface area contributed by atoms with Gasteiger partial charge in [0.25, 0.3) is 0 Å². The van der Waals surface area contributed by atoms with Crippen LogP contribution in [0.1, 0.15) is 59.3 Å². The molecule has 2 aliphatic carbocycles. The summed E-state index contributed by atoms with van der Waals surface area (Å²) in [5.74, 6) is 0.995. The van der Waals surface area contributed by atoms with E-state index in [0.717, 1.165) is 24.0 Å². The topological polar surface area (TPSA) is 15.3 Å². The van der Waals surface area contributed by atoms with Gasteiger partial charge in [-0.1, -0.05) is 27.2 Å². The van der Waals surface area contributed by atoms with Gasteiger partial charge in [0.1, 0.15) is 0 Å². The molecule has 3 fully saturated rings. The molecular weight excluding hydrogens is 220 g/mol. The minimum atomic E-state index is 0.541. The predicted molar refractivity (Wildman–Crippen MR) is 76.7 cm³/mol. The van der Waals surface area contributed by atoms with Crippen LogP contribution >= 0.6 is 0 Å². The SMILES string of the molecule is CCC1CNC(C2CC2)CN1C1CCCC1(C)C. The molecule has 18 heavy (non-hydrogen) atoms. The molecule has 3 unspecified atom stereocenters. The highest BCUT2D eigenvalue weighted by atomic mass is 15.3. The lowest BCUT2D eigenvalue weighted by Gasteiger charge is -2.47. The van der Waals surface area contributed by atoms with E-state index in [1.807, 2.05) is 0 Å². The van der Waals surface area contributed by atoms with Gasteiger partial charge in [-0.05, 0) is 43.4 Å². The smallest absolute Gasteiger partial charge is 0.0224 e. The summed E-state index contributed by atoms with van der Waals surface area (Å²) in [6.45, 7) is 9.89. The minimum Gasteiger partial charge on any atom is -0.311 e. The summed E-state index contributed by atoms with van der Waals surface area (Å²) in [6, 6.07) is 2.41. The van der Waals surface area contributed by atoms with Gasteiger partial charge in [0.2, 0.25) is 0 Å². The van der Waals surface area contributed by atoms with E-state index in [1.54, 1.807) is 0 Å². The van der Waals surface area contributed by atoms with Crippen LogP contribution in [0, 0.1) is 11.3 Å². The lowest BCUT2D eigenvalue weighted by atomic mass is 9.84. The van der Waals surface area contributed by atoms with Crippen molar-refractivity contribution in [1.82, 2.24) is 10.2 Å². The number of hydrogen-bond donors (Lipinski definition) is 1. The molecule has 1 N–H and O–H groups in total. The van der Waals surface area contributed by atoms with E-state index in [9.17, 15) is 0 Å². The molecule has 2 heteroatoms. The highest BCUT2D eigenvalue weighted by Crippen LogP contribution is 2.43. The van der Waals surface area contributed by atoms with Gasteiger partial charge in [-0.25, -0.2) is 0 Å². The molecule has 0 radical (unpaired) electrons. The van der Waals surface area contributed by atoms with E-state index >= 15 is 0 Å². The molecule has 104 valence electrons. The van der Waals surface area contributed by atoms with Crippen molar-refractivity contribution in [3.63, 3.8) is 0 Å². The van der Waals surface area contributed by atoms with Gasteiger partial charge in [0.15, 0.2) is 0 Å². The van der Waals surface area contributed by atoms with Crippen LogP contribution in [-0.4, -0.2) is 36.1 Å². The van der Waals surface area contributed by atoms with E-state index in [1.165, 1.54) is 51.6 Å². The van der Waals surface area contributed by atoms with Crippen LogP contribution in [0.4, 0.5) is 0 Å². The normalized spacial score (nSPS) is 41.2. The lowest BCUT2D eigenvalue weighted by Crippen LogP contribution is -2.61. The molecule has 2 saturated carbocycles. The second-order valence-electron chi connectivity index (χ2n) is 7.51. The Morgan fingerprint density at radius 2 is 2.00 bits per heavy atom. The van der Waals surface area contributed by atoms with Crippen LogP contribution < -0.4 is 5.32 Å². The third-order valence-electron chi connectivity index (χ3n) is 5.76. The van der Waals surface area contributed by atoms with Gasteiger partial charge in [0, 0.05) is 31.2 Å². The maximum Gasteiger partial charge on any atom is 0.0224 e. The summed E-state index contributed by atoms with van der Waals surface area (Å²) in [5.41, 5.74) is 0.541. The summed E-state index contributed by atoms with van der Waals surface area (Å²) >= 11 is 0. The number of rotatable bonds is 3. The Morgan fingerprint density at radius 3 is 2.56 bits per heavy atom. The van der Waals surface area contributed by atoms with E-state index in [4.69, 9.17) is 0 Å². The Labute approximate surface area is 113 Å². The number of piperazine rings is 1. The Hall–Kier alpha value is -0.0800. The van der Waals surface area contributed by atoms with Crippen LogP contribution in [0.15, 0.2) is 0 Å². The maximum atomic E-state index is 3.82. The molecule has 1 saturated heterocycles. The highest BCUT2D eigenvalue weighted by Gasteiger charge is 2.44. The van der Waals surface area contributed by atoms with E-state index < -0.39 is 0 Å². The quantitative estimate of drug-likeness (QED) is 0.828. The molecule has 0 aromatic carbocycles. The van der Waals surface area contributed by atoms with Crippen molar-refractivity contribution in [2.75, 3.05) is 13.1 Å². The summed E-state index contributed by atoms with van der Waals surface area (Å²) in [5, 5.41) is 3.82. The molecule has 1 aliphatic heterocycles. The molecule has 2 nitrogen and oxygen atoms in total. The molecule has 0 spiro atoms. The van der Waals surface area contributed by atoms with E-state index in [-0.39, 0.29) is 0 Å². The zero-order chi connectivity index (χ0) is 12.8. The lowest BCUT2D eigenvalue weighted by molar-refractivity contribution is 0.0298. The zero-order valence-corrected chi connectivity index (χ0v) is 12.4. The largest absolute Gasteiger partial charge is 0.311 e. The third kappa shape index (κ3) is 2.34. The first-order chi connectivity index (χ1) is 8.62. The standard InChI is InChI=1S/C16H30N2/c1-4-13-10-17-14(12-7-8-12)11-18(13)15-6-5-9-16(15,2)3/h12-15,17H,4-11H2,1-3H3. The van der Waals surface area contributed by atoms with Gasteiger partial charge >= 0.3 is 0 Å². The number of nitrogens with one attached hydrogen (secondary N) is 1. The van der Waals surface area contributed by atoms with Gasteiger partial charge in [-0.3, -0.25) is 4.90 Å². The molecule has 1 heterocycles. The average molecular weight is 250 g/mol. The highest BCUT2D eigenvalue weighted by molar-refractivity contribution is 5.00. The number of hydrogen-bond acceptors (Lipinski definition) is 2. The molecule has 0 aromatic heterocycles. The van der Waals surface area contributed by atoms with Crippen LogP contribution in [0.25, 0.3) is 0 Å². The van der Waals surface area contributed by atoms with Crippen molar-refractivity contribution in [3.05, 3.63) is 0 Å². The Balaban J connectivity index is 1.73. The Bertz CT molecular complexity index is 295. The molecule has 0 aromatic rings. The minimum absolute atomic E-state index is 0.541. The Morgan fingerprint density at radius 1 is 1.22 bits per heavy atom. The first kappa shape index (κ1) is 12.9. The first-order valence-corrected chi connectivity index (χ1v) is 8.11. The fourth-order valence-corrected chi connectivity index (χ4v) is 4.34. The van der Waals surface area contributed by atoms with Gasteiger partial charge < -0.3 is 5.32 Å². The molecule has 3 aliphatic rings. The molecule has 3 atom stereocenters. The summed E-state index contributed by atoms with van der Waals surface area (Å²) in [6.07, 6.45) is 8.53. The van der Waals surface area contributed by atoms with Crippen LogP contribution in [0.5, 0.6) is 0 Å². The van der Waals surface area contributed by atoms with Crippen molar-refractivity contribution in [2.45, 2.75) is 77.4 Å².